The molecule has 1 N–H and O–H groups in total. The number of benzene rings is 1. The molecule has 2 aromatic rings. The maximum atomic E-state index is 12.1. The molecule has 21 heavy (non-hydrogen) atoms. The number of nitrogens with zero attached hydrogens (tertiary/aromatic N) is 1. The van der Waals surface area contributed by atoms with Gasteiger partial charge in [0.15, 0.2) is 0 Å². The Kier molecular flexibility index (Phi) is 4.78. The minimum absolute atomic E-state index is 0.0128. The highest BCUT2D eigenvalue weighted by molar-refractivity contribution is 7.09. The van der Waals surface area contributed by atoms with E-state index in [1.807, 2.05) is 19.1 Å². The minimum Gasteiger partial charge on any atom is -0.348 e. The summed E-state index contributed by atoms with van der Waals surface area (Å²) >= 11 is 1.56. The summed E-state index contributed by atoms with van der Waals surface area (Å²) in [5.74, 6) is 0.0411. The first-order valence-corrected chi connectivity index (χ1v) is 8.01. The van der Waals surface area contributed by atoms with E-state index in [0.717, 1.165) is 10.4 Å². The number of nitrogens with one attached hydrogen (secondary N) is 1. The van der Waals surface area contributed by atoms with Gasteiger partial charge in [0.25, 0.3) is 0 Å². The van der Waals surface area contributed by atoms with Crippen LogP contribution in [0.1, 0.15) is 49.7 Å². The molecule has 4 heteroatoms. The lowest BCUT2D eigenvalue weighted by molar-refractivity contribution is -0.121. The molecule has 0 saturated heterocycles. The van der Waals surface area contributed by atoms with Crippen molar-refractivity contribution >= 4 is 17.2 Å². The van der Waals surface area contributed by atoms with Crippen LogP contribution >= 0.6 is 11.3 Å². The largest absolute Gasteiger partial charge is 0.348 e. The molecule has 0 fully saturated rings. The summed E-state index contributed by atoms with van der Waals surface area (Å²) in [6, 6.07) is 8.30. The molecular formula is C17H22N2OS. The van der Waals surface area contributed by atoms with Crippen molar-refractivity contribution < 1.29 is 4.79 Å². The van der Waals surface area contributed by atoms with Crippen molar-refractivity contribution in [2.24, 2.45) is 0 Å². The van der Waals surface area contributed by atoms with Gasteiger partial charge in [0.05, 0.1) is 18.0 Å². The number of hydrogen-bond acceptors (Lipinski definition) is 3. The van der Waals surface area contributed by atoms with Gasteiger partial charge in [0, 0.05) is 11.1 Å². The summed E-state index contributed by atoms with van der Waals surface area (Å²) in [5, 5.41) is 3.01. The molecule has 1 aromatic heterocycles. The zero-order valence-corrected chi connectivity index (χ0v) is 13.8. The van der Waals surface area contributed by atoms with E-state index in [9.17, 15) is 4.79 Å². The molecule has 0 saturated carbocycles. The number of amides is 1. The van der Waals surface area contributed by atoms with Crippen molar-refractivity contribution in [1.29, 1.82) is 0 Å². The van der Waals surface area contributed by atoms with Gasteiger partial charge in [-0.25, -0.2) is 0 Å². The van der Waals surface area contributed by atoms with E-state index in [4.69, 9.17) is 0 Å². The Morgan fingerprint density at radius 2 is 1.95 bits per heavy atom. The van der Waals surface area contributed by atoms with Crippen LogP contribution in [0.25, 0.3) is 0 Å². The number of aromatic nitrogens is 1. The molecule has 1 amide bonds. The summed E-state index contributed by atoms with van der Waals surface area (Å²) in [4.78, 5) is 17.2. The molecule has 1 unspecified atom stereocenters. The highest BCUT2D eigenvalue weighted by atomic mass is 32.1. The van der Waals surface area contributed by atoms with Gasteiger partial charge in [-0.1, -0.05) is 45.0 Å². The minimum atomic E-state index is 0.0128. The van der Waals surface area contributed by atoms with Gasteiger partial charge in [-0.2, -0.15) is 0 Å². The second-order valence-corrected chi connectivity index (χ2v) is 7.23. The number of carbonyl (C=O) groups is 1. The molecule has 1 atom stereocenters. The summed E-state index contributed by atoms with van der Waals surface area (Å²) in [6.07, 6.45) is 2.21. The normalized spacial score (nSPS) is 13.0. The van der Waals surface area contributed by atoms with E-state index in [2.05, 4.69) is 43.2 Å². The van der Waals surface area contributed by atoms with Crippen LogP contribution in [-0.2, 0) is 16.6 Å². The maximum Gasteiger partial charge on any atom is 0.224 e. The summed E-state index contributed by atoms with van der Waals surface area (Å²) in [7, 11) is 0. The van der Waals surface area contributed by atoms with E-state index < -0.39 is 0 Å². The fourth-order valence-corrected chi connectivity index (χ4v) is 2.74. The van der Waals surface area contributed by atoms with Crippen LogP contribution in [0, 0.1) is 0 Å². The van der Waals surface area contributed by atoms with Crippen LogP contribution in [0.2, 0.25) is 0 Å². The Bertz CT molecular complexity index is 582. The Balaban J connectivity index is 1.94. The van der Waals surface area contributed by atoms with Crippen molar-refractivity contribution in [1.82, 2.24) is 10.3 Å². The molecule has 112 valence electrons. The van der Waals surface area contributed by atoms with Crippen molar-refractivity contribution in [2.45, 2.75) is 45.6 Å². The molecule has 1 heterocycles. The van der Waals surface area contributed by atoms with Crippen LogP contribution < -0.4 is 5.32 Å². The highest BCUT2D eigenvalue weighted by Gasteiger charge is 2.14. The van der Waals surface area contributed by atoms with Gasteiger partial charge in [-0.3, -0.25) is 9.78 Å². The van der Waals surface area contributed by atoms with Gasteiger partial charge < -0.3 is 5.32 Å². The number of hydrogen-bond donors (Lipinski definition) is 1. The topological polar surface area (TPSA) is 42.0 Å². The molecule has 1 aromatic carbocycles. The Morgan fingerprint density at radius 3 is 2.48 bits per heavy atom. The van der Waals surface area contributed by atoms with Gasteiger partial charge in [0.1, 0.15) is 0 Å². The molecule has 0 aliphatic heterocycles. The molecule has 0 radical (unpaired) electrons. The average Bonchev–Trinajstić information content (AvgIpc) is 2.92. The first-order chi connectivity index (χ1) is 9.86. The van der Waals surface area contributed by atoms with Crippen LogP contribution in [0.4, 0.5) is 0 Å². The van der Waals surface area contributed by atoms with E-state index >= 15 is 0 Å². The molecule has 3 nitrogen and oxygen atoms in total. The van der Waals surface area contributed by atoms with E-state index in [1.54, 1.807) is 23.0 Å². The SMILES string of the molecule is CC(NC(=O)Cc1ccc(C(C)(C)C)cc1)c1cncs1. The van der Waals surface area contributed by atoms with E-state index in [-0.39, 0.29) is 17.4 Å². The zero-order chi connectivity index (χ0) is 15.5. The van der Waals surface area contributed by atoms with Crippen LogP contribution in [0.5, 0.6) is 0 Å². The summed E-state index contributed by atoms with van der Waals surface area (Å²) in [6.45, 7) is 8.54. The van der Waals surface area contributed by atoms with Crippen molar-refractivity contribution in [3.05, 3.63) is 52.0 Å². The van der Waals surface area contributed by atoms with Crippen LogP contribution in [0.15, 0.2) is 36.0 Å². The molecule has 2 rings (SSSR count). The number of rotatable bonds is 4. The number of thiazole rings is 1. The molecule has 0 spiro atoms. The highest BCUT2D eigenvalue weighted by Crippen LogP contribution is 2.22. The Morgan fingerprint density at radius 1 is 1.29 bits per heavy atom. The van der Waals surface area contributed by atoms with Crippen molar-refractivity contribution in [3.8, 4) is 0 Å². The predicted molar refractivity (Wildman–Crippen MR) is 87.5 cm³/mol. The van der Waals surface area contributed by atoms with Crippen LogP contribution in [-0.4, -0.2) is 10.9 Å². The second-order valence-electron chi connectivity index (χ2n) is 6.32. The number of carbonyl (C=O) groups excluding carboxylic acids is 1. The third kappa shape index (κ3) is 4.39. The lowest BCUT2D eigenvalue weighted by Gasteiger charge is -2.19. The average molecular weight is 302 g/mol. The summed E-state index contributed by atoms with van der Waals surface area (Å²) < 4.78 is 0. The standard InChI is InChI=1S/C17H22N2OS/c1-12(15-10-18-11-21-15)19-16(20)9-13-5-7-14(8-6-13)17(2,3)4/h5-8,10-12H,9H2,1-4H3,(H,19,20). The van der Waals surface area contributed by atoms with E-state index in [1.165, 1.54) is 5.56 Å². The smallest absolute Gasteiger partial charge is 0.224 e. The van der Waals surface area contributed by atoms with Gasteiger partial charge in [-0.15, -0.1) is 11.3 Å². The Hall–Kier alpha value is -1.68. The molecule has 0 aliphatic rings. The third-order valence-corrected chi connectivity index (χ3v) is 4.40. The van der Waals surface area contributed by atoms with Gasteiger partial charge in [-0.05, 0) is 23.5 Å². The molecule has 0 aliphatic carbocycles. The monoisotopic (exact) mass is 302 g/mol. The zero-order valence-electron chi connectivity index (χ0n) is 13.0. The van der Waals surface area contributed by atoms with Gasteiger partial charge in [0.2, 0.25) is 5.91 Å². The fourth-order valence-electron chi connectivity index (χ4n) is 2.11. The van der Waals surface area contributed by atoms with Gasteiger partial charge >= 0.3 is 0 Å². The predicted octanol–water partition coefficient (Wildman–Crippen LogP) is 3.86. The second kappa shape index (κ2) is 6.39. The summed E-state index contributed by atoms with van der Waals surface area (Å²) in [5.41, 5.74) is 4.24. The third-order valence-electron chi connectivity index (χ3n) is 3.44. The first kappa shape index (κ1) is 15.7. The van der Waals surface area contributed by atoms with E-state index in [0.29, 0.717) is 6.42 Å². The Labute approximate surface area is 130 Å². The van der Waals surface area contributed by atoms with Crippen molar-refractivity contribution in [3.63, 3.8) is 0 Å². The first-order valence-electron chi connectivity index (χ1n) is 7.13. The molecule has 0 bridgehead atoms. The lowest BCUT2D eigenvalue weighted by atomic mass is 9.86. The lowest BCUT2D eigenvalue weighted by Crippen LogP contribution is -2.27. The fraction of sp³-hybridized carbons (Fsp3) is 0.412. The molecular weight excluding hydrogens is 280 g/mol. The van der Waals surface area contributed by atoms with Crippen molar-refractivity contribution in [2.75, 3.05) is 0 Å². The van der Waals surface area contributed by atoms with Crippen LogP contribution in [0.3, 0.4) is 0 Å². The quantitative estimate of drug-likeness (QED) is 0.932. The maximum absolute atomic E-state index is 12.1.